The Bertz CT molecular complexity index is 753. The highest BCUT2D eigenvalue weighted by molar-refractivity contribution is 14.0. The first-order valence-corrected chi connectivity index (χ1v) is 11.1. The number of carbonyl (C=O) groups is 1. The van der Waals surface area contributed by atoms with Gasteiger partial charge in [-0.2, -0.15) is 0 Å². The highest BCUT2D eigenvalue weighted by Crippen LogP contribution is 2.19. The number of guanidine groups is 1. The number of amides is 1. The Hall–Kier alpha value is -1.59. The fraction of sp³-hybridized carbons (Fsp3) is 0.810. The molecule has 2 aliphatic rings. The summed E-state index contributed by atoms with van der Waals surface area (Å²) in [6.45, 7) is 9.61. The van der Waals surface area contributed by atoms with Crippen LogP contribution in [0.2, 0.25) is 0 Å². The highest BCUT2D eigenvalue weighted by Gasteiger charge is 2.29. The topological polar surface area (TPSA) is 96.7 Å². The van der Waals surface area contributed by atoms with Crippen LogP contribution < -0.4 is 10.6 Å². The van der Waals surface area contributed by atoms with Gasteiger partial charge in [0.2, 0.25) is 0 Å². The maximum atomic E-state index is 12.1. The number of nitrogens with zero attached hydrogens (tertiary/aromatic N) is 5. The Balaban J connectivity index is 0.00000341. The van der Waals surface area contributed by atoms with Crippen LogP contribution in [0.5, 0.6) is 0 Å². The number of aliphatic imine (C=N–C) groups is 1. The van der Waals surface area contributed by atoms with Crippen molar-refractivity contribution in [2.75, 3.05) is 13.1 Å². The number of alkyl carbamates (subject to hydrolysis) is 1. The molecule has 1 unspecified atom stereocenters. The Morgan fingerprint density at radius 3 is 2.45 bits per heavy atom. The van der Waals surface area contributed by atoms with Gasteiger partial charge in [0.05, 0.1) is 6.04 Å². The lowest BCUT2D eigenvalue weighted by Crippen LogP contribution is -2.47. The molecule has 1 saturated carbocycles. The van der Waals surface area contributed by atoms with Crippen molar-refractivity contribution >= 4 is 36.0 Å². The molecule has 1 atom stereocenters. The van der Waals surface area contributed by atoms with Gasteiger partial charge in [-0.15, -0.1) is 34.2 Å². The second-order valence-corrected chi connectivity index (χ2v) is 9.42. The minimum absolute atomic E-state index is 0. The smallest absolute Gasteiger partial charge is 0.407 e. The Morgan fingerprint density at radius 1 is 1.13 bits per heavy atom. The van der Waals surface area contributed by atoms with Crippen molar-refractivity contribution in [2.45, 2.75) is 90.4 Å². The molecule has 9 nitrogen and oxygen atoms in total. The summed E-state index contributed by atoms with van der Waals surface area (Å²) in [5.74, 6) is 2.62. The van der Waals surface area contributed by atoms with Gasteiger partial charge in [0.15, 0.2) is 11.8 Å². The molecular weight excluding hydrogens is 509 g/mol. The first kappa shape index (κ1) is 25.7. The number of ether oxygens (including phenoxy) is 1. The predicted molar refractivity (Wildman–Crippen MR) is 132 cm³/mol. The lowest BCUT2D eigenvalue weighted by atomic mass is 9.96. The first-order valence-electron chi connectivity index (χ1n) is 11.1. The third-order valence-electron chi connectivity index (χ3n) is 5.70. The molecule has 2 fully saturated rings. The fourth-order valence-electron chi connectivity index (χ4n) is 3.95. The van der Waals surface area contributed by atoms with Crippen molar-refractivity contribution in [3.8, 4) is 0 Å². The number of rotatable bonds is 4. The van der Waals surface area contributed by atoms with Crippen molar-refractivity contribution in [1.29, 1.82) is 0 Å². The number of hydrogen-bond donors (Lipinski definition) is 2. The summed E-state index contributed by atoms with van der Waals surface area (Å²) in [5.41, 5.74) is -0.494. The molecule has 3 rings (SSSR count). The number of aromatic nitrogens is 3. The molecule has 1 aliphatic heterocycles. The number of halogens is 1. The van der Waals surface area contributed by atoms with E-state index in [0.29, 0.717) is 12.6 Å². The SMILES string of the molecule is Cc1nnc(CN=C(NC2CCCCC2)N2CCC(NC(=O)OC(C)(C)C)C2)n1C.I. The molecule has 0 aromatic carbocycles. The molecule has 2 N–H and O–H groups in total. The van der Waals surface area contributed by atoms with Crippen LogP contribution in [-0.2, 0) is 18.3 Å². The van der Waals surface area contributed by atoms with E-state index in [2.05, 4.69) is 25.7 Å². The summed E-state index contributed by atoms with van der Waals surface area (Å²) in [7, 11) is 1.96. The van der Waals surface area contributed by atoms with E-state index in [1.54, 1.807) is 0 Å². The summed E-state index contributed by atoms with van der Waals surface area (Å²) in [6.07, 6.45) is 6.70. The molecule has 31 heavy (non-hydrogen) atoms. The summed E-state index contributed by atoms with van der Waals surface area (Å²) in [6, 6.07) is 0.506. The average Bonchev–Trinajstić information content (AvgIpc) is 3.25. The zero-order valence-corrected chi connectivity index (χ0v) is 21.8. The number of carbonyl (C=O) groups excluding carboxylic acids is 1. The van der Waals surface area contributed by atoms with E-state index in [-0.39, 0.29) is 36.1 Å². The molecule has 0 spiro atoms. The predicted octanol–water partition coefficient (Wildman–Crippen LogP) is 3.12. The maximum absolute atomic E-state index is 12.1. The molecule has 0 bridgehead atoms. The molecular formula is C21H38IN7O2. The van der Waals surface area contributed by atoms with Gasteiger partial charge in [-0.25, -0.2) is 9.79 Å². The second kappa shape index (κ2) is 11.3. The van der Waals surface area contributed by atoms with Crippen LogP contribution in [0, 0.1) is 6.92 Å². The maximum Gasteiger partial charge on any atom is 0.407 e. The standard InChI is InChI=1S/C21H37N7O2.HI/c1-15-25-26-18(27(15)5)13-22-19(23-16-9-7-6-8-10-16)28-12-11-17(14-28)24-20(29)30-21(2,3)4;/h16-17H,6-14H2,1-5H3,(H,22,23)(H,24,29);1H. The van der Waals surface area contributed by atoms with Crippen LogP contribution in [0.4, 0.5) is 4.79 Å². The summed E-state index contributed by atoms with van der Waals surface area (Å²) < 4.78 is 7.38. The van der Waals surface area contributed by atoms with Gasteiger partial charge in [-0.1, -0.05) is 19.3 Å². The van der Waals surface area contributed by atoms with Crippen LogP contribution in [0.1, 0.15) is 70.9 Å². The minimum Gasteiger partial charge on any atom is -0.444 e. The lowest BCUT2D eigenvalue weighted by Gasteiger charge is -2.29. The van der Waals surface area contributed by atoms with Crippen molar-refractivity contribution in [1.82, 2.24) is 30.3 Å². The van der Waals surface area contributed by atoms with Crippen molar-refractivity contribution in [3.63, 3.8) is 0 Å². The third kappa shape index (κ3) is 7.80. The number of aryl methyl sites for hydroxylation is 1. The molecule has 1 aromatic rings. The number of hydrogen-bond acceptors (Lipinski definition) is 5. The Kier molecular flexibility index (Phi) is 9.38. The van der Waals surface area contributed by atoms with Crippen LogP contribution in [0.15, 0.2) is 4.99 Å². The summed E-state index contributed by atoms with van der Waals surface area (Å²) >= 11 is 0. The van der Waals surface area contributed by atoms with Crippen LogP contribution in [-0.4, -0.2) is 62.5 Å². The van der Waals surface area contributed by atoms with E-state index < -0.39 is 5.60 Å². The molecule has 2 heterocycles. The first-order chi connectivity index (χ1) is 14.2. The van der Waals surface area contributed by atoms with E-state index in [4.69, 9.17) is 9.73 Å². The number of likely N-dealkylation sites (tertiary alicyclic amines) is 1. The molecule has 0 radical (unpaired) electrons. The van der Waals surface area contributed by atoms with Crippen LogP contribution in [0.25, 0.3) is 0 Å². The van der Waals surface area contributed by atoms with Gasteiger partial charge in [-0.3, -0.25) is 0 Å². The molecule has 176 valence electrons. The summed E-state index contributed by atoms with van der Waals surface area (Å²) in [5, 5.41) is 15.0. The van der Waals surface area contributed by atoms with Gasteiger partial charge < -0.3 is 24.8 Å². The van der Waals surface area contributed by atoms with Crippen molar-refractivity contribution in [2.24, 2.45) is 12.0 Å². The van der Waals surface area contributed by atoms with E-state index in [9.17, 15) is 4.79 Å². The normalized spacial score (nSPS) is 20.4. The monoisotopic (exact) mass is 547 g/mol. The van der Waals surface area contributed by atoms with E-state index in [0.717, 1.165) is 37.1 Å². The van der Waals surface area contributed by atoms with Gasteiger partial charge in [-0.05, 0) is 47.0 Å². The molecule has 1 aromatic heterocycles. The summed E-state index contributed by atoms with van der Waals surface area (Å²) in [4.78, 5) is 19.3. The number of nitrogens with one attached hydrogen (secondary N) is 2. The second-order valence-electron chi connectivity index (χ2n) is 9.42. The van der Waals surface area contributed by atoms with Gasteiger partial charge in [0.25, 0.3) is 0 Å². The third-order valence-corrected chi connectivity index (χ3v) is 5.70. The van der Waals surface area contributed by atoms with Crippen LogP contribution in [0.3, 0.4) is 0 Å². The van der Waals surface area contributed by atoms with E-state index in [1.807, 2.05) is 39.3 Å². The molecule has 1 amide bonds. The van der Waals surface area contributed by atoms with Crippen LogP contribution >= 0.6 is 24.0 Å². The van der Waals surface area contributed by atoms with Gasteiger partial charge in [0.1, 0.15) is 18.0 Å². The largest absolute Gasteiger partial charge is 0.444 e. The van der Waals surface area contributed by atoms with E-state index in [1.165, 1.54) is 32.1 Å². The fourth-order valence-corrected chi connectivity index (χ4v) is 3.95. The molecule has 1 saturated heterocycles. The molecule has 10 heteroatoms. The lowest BCUT2D eigenvalue weighted by molar-refractivity contribution is 0.0507. The van der Waals surface area contributed by atoms with Crippen molar-refractivity contribution < 1.29 is 9.53 Å². The van der Waals surface area contributed by atoms with Crippen molar-refractivity contribution in [3.05, 3.63) is 11.6 Å². The minimum atomic E-state index is -0.494. The average molecular weight is 547 g/mol. The zero-order valence-electron chi connectivity index (χ0n) is 19.5. The molecule has 1 aliphatic carbocycles. The zero-order chi connectivity index (χ0) is 21.7. The van der Waals surface area contributed by atoms with Gasteiger partial charge in [0, 0.05) is 26.2 Å². The highest BCUT2D eigenvalue weighted by atomic mass is 127. The quantitative estimate of drug-likeness (QED) is 0.342. The van der Waals surface area contributed by atoms with Gasteiger partial charge >= 0.3 is 6.09 Å². The Morgan fingerprint density at radius 2 is 1.84 bits per heavy atom. The Labute approximate surface area is 202 Å². The van der Waals surface area contributed by atoms with E-state index >= 15 is 0 Å².